The number of carbonyl (C=O) groups is 1. The van der Waals surface area contributed by atoms with Gasteiger partial charge in [0.25, 0.3) is 5.91 Å². The molecular weight excluding hydrogens is 379 g/mol. The first-order valence-corrected chi connectivity index (χ1v) is 10.5. The van der Waals surface area contributed by atoms with Crippen LogP contribution in [0.15, 0.2) is 48.8 Å². The molecule has 0 saturated carbocycles. The van der Waals surface area contributed by atoms with E-state index < -0.39 is 0 Å². The topological polar surface area (TPSA) is 51.0 Å². The maximum Gasteiger partial charge on any atom is 0.255 e. The Morgan fingerprint density at radius 3 is 2.53 bits per heavy atom. The van der Waals surface area contributed by atoms with Gasteiger partial charge in [-0.15, -0.1) is 0 Å². The molecule has 1 amide bonds. The third-order valence-corrected chi connectivity index (χ3v) is 6.00. The highest BCUT2D eigenvalue weighted by Crippen LogP contribution is 2.24. The summed E-state index contributed by atoms with van der Waals surface area (Å²) in [6, 6.07) is 10.3. The lowest BCUT2D eigenvalue weighted by molar-refractivity contribution is 0.0688. The zero-order valence-corrected chi connectivity index (χ0v) is 17.5. The van der Waals surface area contributed by atoms with Gasteiger partial charge in [0, 0.05) is 49.8 Å². The Morgan fingerprint density at radius 2 is 1.83 bits per heavy atom. The summed E-state index contributed by atoms with van der Waals surface area (Å²) in [6.07, 6.45) is 6.45. The largest absolute Gasteiger partial charge is 0.339 e. The number of nitrogens with zero attached hydrogens (tertiary/aromatic N) is 4. The Labute approximate surface area is 176 Å². The number of aryl methyl sites for hydroxylation is 2. The van der Waals surface area contributed by atoms with Gasteiger partial charge in [-0.1, -0.05) is 12.1 Å². The first kappa shape index (κ1) is 20.3. The number of hydrogen-bond donors (Lipinski definition) is 0. The second kappa shape index (κ2) is 8.78. The Hall–Kier alpha value is -3.02. The molecule has 0 atom stereocenters. The molecule has 0 spiro atoms. The Balaban J connectivity index is 1.38. The van der Waals surface area contributed by atoms with E-state index >= 15 is 0 Å². The highest BCUT2D eigenvalue weighted by atomic mass is 19.1. The number of likely N-dealkylation sites (tertiary alicyclic amines) is 1. The maximum atomic E-state index is 13.2. The van der Waals surface area contributed by atoms with Crippen LogP contribution in [-0.2, 0) is 13.0 Å². The van der Waals surface area contributed by atoms with Crippen molar-refractivity contribution in [3.8, 4) is 0 Å². The van der Waals surface area contributed by atoms with E-state index in [1.54, 1.807) is 6.20 Å². The predicted octanol–water partition coefficient (Wildman–Crippen LogP) is 4.18. The van der Waals surface area contributed by atoms with Gasteiger partial charge in [0.15, 0.2) is 0 Å². The molecule has 0 N–H and O–H groups in total. The second-order valence-corrected chi connectivity index (χ2v) is 8.10. The smallest absolute Gasteiger partial charge is 0.255 e. The lowest BCUT2D eigenvalue weighted by atomic mass is 9.92. The van der Waals surface area contributed by atoms with Gasteiger partial charge in [-0.3, -0.25) is 9.78 Å². The van der Waals surface area contributed by atoms with Gasteiger partial charge in [-0.2, -0.15) is 0 Å². The molecule has 5 nitrogen and oxygen atoms in total. The van der Waals surface area contributed by atoms with Crippen LogP contribution in [-0.4, -0.2) is 38.4 Å². The molecule has 0 unspecified atom stereocenters. The van der Waals surface area contributed by atoms with E-state index in [0.29, 0.717) is 18.0 Å². The van der Waals surface area contributed by atoms with Crippen LogP contribution in [0, 0.1) is 25.6 Å². The van der Waals surface area contributed by atoms with E-state index in [-0.39, 0.29) is 11.7 Å². The summed E-state index contributed by atoms with van der Waals surface area (Å²) in [6.45, 7) is 6.14. The normalized spacial score (nSPS) is 14.8. The Morgan fingerprint density at radius 1 is 1.10 bits per heavy atom. The minimum Gasteiger partial charge on any atom is -0.339 e. The average Bonchev–Trinajstić information content (AvgIpc) is 3.09. The third-order valence-electron chi connectivity index (χ3n) is 6.00. The van der Waals surface area contributed by atoms with Gasteiger partial charge in [-0.05, 0) is 62.4 Å². The van der Waals surface area contributed by atoms with Crippen molar-refractivity contribution in [3.05, 3.63) is 82.9 Å². The summed E-state index contributed by atoms with van der Waals surface area (Å²) >= 11 is 0. The fourth-order valence-corrected chi connectivity index (χ4v) is 4.14. The number of pyridine rings is 1. The molecule has 30 heavy (non-hydrogen) atoms. The minimum absolute atomic E-state index is 0.0766. The van der Waals surface area contributed by atoms with Crippen LogP contribution in [0.25, 0.3) is 0 Å². The molecule has 1 saturated heterocycles. The van der Waals surface area contributed by atoms with Crippen LogP contribution in [0.2, 0.25) is 0 Å². The molecule has 0 radical (unpaired) electrons. The van der Waals surface area contributed by atoms with Gasteiger partial charge in [0.2, 0.25) is 0 Å². The van der Waals surface area contributed by atoms with E-state index in [4.69, 9.17) is 0 Å². The molecule has 3 heterocycles. The van der Waals surface area contributed by atoms with E-state index in [0.717, 1.165) is 55.1 Å². The van der Waals surface area contributed by atoms with Gasteiger partial charge in [0.05, 0.1) is 5.56 Å². The molecule has 4 rings (SSSR count). The number of halogens is 1. The molecule has 2 aromatic heterocycles. The number of hydrogen-bond acceptors (Lipinski definition) is 3. The molecule has 156 valence electrons. The van der Waals surface area contributed by atoms with Crippen molar-refractivity contribution in [3.63, 3.8) is 0 Å². The van der Waals surface area contributed by atoms with Crippen molar-refractivity contribution in [2.24, 2.45) is 5.92 Å². The molecule has 0 aliphatic carbocycles. The predicted molar refractivity (Wildman–Crippen MR) is 114 cm³/mol. The van der Waals surface area contributed by atoms with E-state index in [1.807, 2.05) is 42.3 Å². The van der Waals surface area contributed by atoms with Crippen LogP contribution in [0.5, 0.6) is 0 Å². The van der Waals surface area contributed by atoms with E-state index in [9.17, 15) is 9.18 Å². The first-order valence-electron chi connectivity index (χ1n) is 10.5. The van der Waals surface area contributed by atoms with Crippen molar-refractivity contribution in [1.29, 1.82) is 0 Å². The first-order chi connectivity index (χ1) is 14.5. The highest BCUT2D eigenvalue weighted by Gasteiger charge is 2.26. The lowest BCUT2D eigenvalue weighted by Gasteiger charge is -2.32. The molecule has 1 aromatic carbocycles. The van der Waals surface area contributed by atoms with Gasteiger partial charge in [0.1, 0.15) is 11.6 Å². The van der Waals surface area contributed by atoms with E-state index in [1.165, 1.54) is 12.1 Å². The SMILES string of the molecule is Cc1ncccc1C(=O)N1CCC(Cc2ncc(C)n2Cc2ccc(F)cc2)CC1. The van der Waals surface area contributed by atoms with Gasteiger partial charge < -0.3 is 9.47 Å². The molecule has 6 heteroatoms. The zero-order valence-electron chi connectivity index (χ0n) is 17.5. The highest BCUT2D eigenvalue weighted by molar-refractivity contribution is 5.95. The number of rotatable bonds is 5. The molecular formula is C24H27FN4O. The van der Waals surface area contributed by atoms with Crippen LogP contribution < -0.4 is 0 Å². The number of carbonyl (C=O) groups excluding carboxylic acids is 1. The van der Waals surface area contributed by atoms with Crippen molar-refractivity contribution < 1.29 is 9.18 Å². The van der Waals surface area contributed by atoms with Crippen molar-refractivity contribution in [1.82, 2.24) is 19.4 Å². The van der Waals surface area contributed by atoms with E-state index in [2.05, 4.69) is 21.5 Å². The summed E-state index contributed by atoms with van der Waals surface area (Å²) in [4.78, 5) is 23.6. The molecule has 1 fully saturated rings. The standard InChI is InChI=1S/C24H27FN4O/c1-17-15-27-23(29(17)16-20-5-7-21(25)8-6-20)14-19-9-12-28(13-10-19)24(30)22-4-3-11-26-18(22)2/h3-8,11,15,19H,9-10,12-14,16H2,1-2H3. The quantitative estimate of drug-likeness (QED) is 0.639. The Bertz CT molecular complexity index is 1020. The number of amides is 1. The summed E-state index contributed by atoms with van der Waals surface area (Å²) in [7, 11) is 0. The summed E-state index contributed by atoms with van der Waals surface area (Å²) in [5.74, 6) is 1.42. The molecule has 1 aliphatic rings. The fraction of sp³-hybridized carbons (Fsp3) is 0.375. The fourth-order valence-electron chi connectivity index (χ4n) is 4.14. The van der Waals surface area contributed by atoms with Crippen LogP contribution >= 0.6 is 0 Å². The Kier molecular flexibility index (Phi) is 5.93. The molecule has 3 aromatic rings. The van der Waals surface area contributed by atoms with Crippen molar-refractivity contribution in [2.75, 3.05) is 13.1 Å². The zero-order chi connectivity index (χ0) is 21.1. The van der Waals surface area contributed by atoms with Crippen LogP contribution in [0.3, 0.4) is 0 Å². The summed E-state index contributed by atoms with van der Waals surface area (Å²) < 4.78 is 15.4. The van der Waals surface area contributed by atoms with Crippen molar-refractivity contribution in [2.45, 2.75) is 39.7 Å². The average molecular weight is 407 g/mol. The van der Waals surface area contributed by atoms with Crippen LogP contribution in [0.1, 0.15) is 46.0 Å². The minimum atomic E-state index is -0.218. The summed E-state index contributed by atoms with van der Waals surface area (Å²) in [5.41, 5.74) is 3.64. The third kappa shape index (κ3) is 4.42. The second-order valence-electron chi connectivity index (χ2n) is 8.10. The monoisotopic (exact) mass is 406 g/mol. The van der Waals surface area contributed by atoms with Gasteiger partial charge >= 0.3 is 0 Å². The number of benzene rings is 1. The van der Waals surface area contributed by atoms with Gasteiger partial charge in [-0.25, -0.2) is 9.37 Å². The number of piperidine rings is 1. The van der Waals surface area contributed by atoms with Crippen LogP contribution in [0.4, 0.5) is 4.39 Å². The van der Waals surface area contributed by atoms with Crippen molar-refractivity contribution >= 4 is 5.91 Å². The lowest BCUT2D eigenvalue weighted by Crippen LogP contribution is -2.39. The molecule has 0 bridgehead atoms. The maximum absolute atomic E-state index is 13.2. The number of imidazole rings is 1. The molecule has 1 aliphatic heterocycles. The summed E-state index contributed by atoms with van der Waals surface area (Å²) in [5, 5.41) is 0. The number of aromatic nitrogens is 3.